The summed E-state index contributed by atoms with van der Waals surface area (Å²) in [5.74, 6) is -0.972. The van der Waals surface area contributed by atoms with Crippen LogP contribution in [0.25, 0.3) is 11.8 Å². The number of aryl methyl sites for hydroxylation is 1. The monoisotopic (exact) mass is 463 g/mol. The van der Waals surface area contributed by atoms with E-state index in [1.807, 2.05) is 37.5 Å². The van der Waals surface area contributed by atoms with Gasteiger partial charge in [0, 0.05) is 22.8 Å². The second-order valence-corrected chi connectivity index (χ2v) is 7.62. The van der Waals surface area contributed by atoms with E-state index in [2.05, 4.69) is 5.32 Å². The van der Waals surface area contributed by atoms with Gasteiger partial charge in [-0.1, -0.05) is 11.6 Å². The number of hydrogen-bond acceptors (Lipinski definition) is 4. The summed E-state index contributed by atoms with van der Waals surface area (Å²) < 4.78 is 7.23. The van der Waals surface area contributed by atoms with Crippen molar-refractivity contribution in [2.75, 3.05) is 11.9 Å². The number of ether oxygens (including phenoxy) is 1. The van der Waals surface area contributed by atoms with Crippen LogP contribution in [-0.4, -0.2) is 28.2 Å². The summed E-state index contributed by atoms with van der Waals surface area (Å²) >= 11 is 5.99. The highest BCUT2D eigenvalue weighted by atomic mass is 35.5. The molecule has 3 rings (SSSR count). The molecular formula is C25H22ClN3O4. The van der Waals surface area contributed by atoms with Crippen LogP contribution >= 0.6 is 11.6 Å². The van der Waals surface area contributed by atoms with Crippen LogP contribution in [0.5, 0.6) is 5.75 Å². The fourth-order valence-electron chi connectivity index (χ4n) is 3.45. The number of aromatic carboxylic acids is 1. The molecule has 33 heavy (non-hydrogen) atoms. The third-order valence-corrected chi connectivity index (χ3v) is 5.33. The lowest BCUT2D eigenvalue weighted by Crippen LogP contribution is -2.13. The number of carboxylic acids is 1. The number of hydrogen-bond donors (Lipinski definition) is 2. The molecule has 7 nitrogen and oxygen atoms in total. The summed E-state index contributed by atoms with van der Waals surface area (Å²) in [6, 6.07) is 15.4. The van der Waals surface area contributed by atoms with Crippen molar-refractivity contribution in [2.24, 2.45) is 0 Å². The van der Waals surface area contributed by atoms with E-state index in [4.69, 9.17) is 16.3 Å². The molecule has 3 aromatic rings. The molecule has 1 heterocycles. The zero-order valence-electron chi connectivity index (χ0n) is 18.3. The van der Waals surface area contributed by atoms with Gasteiger partial charge in [0.25, 0.3) is 5.91 Å². The van der Waals surface area contributed by atoms with Crippen LogP contribution in [-0.2, 0) is 4.79 Å². The molecule has 8 heteroatoms. The fraction of sp³-hybridized carbons (Fsp3) is 0.160. The minimum Gasteiger partial charge on any atom is -0.494 e. The lowest BCUT2D eigenvalue weighted by atomic mass is 10.1. The lowest BCUT2D eigenvalue weighted by Gasteiger charge is -2.11. The minimum absolute atomic E-state index is 0.00814. The summed E-state index contributed by atoms with van der Waals surface area (Å²) in [5.41, 5.74) is 3.30. The number of nitrogens with zero attached hydrogens (tertiary/aromatic N) is 2. The summed E-state index contributed by atoms with van der Waals surface area (Å²) in [6.07, 6.45) is 1.51. The van der Waals surface area contributed by atoms with Gasteiger partial charge in [0.15, 0.2) is 0 Å². The van der Waals surface area contributed by atoms with E-state index in [1.165, 1.54) is 18.2 Å². The Morgan fingerprint density at radius 1 is 1.18 bits per heavy atom. The van der Waals surface area contributed by atoms with E-state index in [1.54, 1.807) is 30.3 Å². The normalized spacial score (nSPS) is 11.1. The Hall–Kier alpha value is -4.02. The molecule has 1 amide bonds. The first kappa shape index (κ1) is 23.6. The number of carbonyl (C=O) groups is 2. The zero-order chi connectivity index (χ0) is 24.1. The topological polar surface area (TPSA) is 104 Å². The van der Waals surface area contributed by atoms with Gasteiger partial charge in [0.05, 0.1) is 17.2 Å². The van der Waals surface area contributed by atoms with Gasteiger partial charge in [0.1, 0.15) is 17.4 Å². The number of nitrogens with one attached hydrogen (secondary N) is 1. The van der Waals surface area contributed by atoms with Crippen molar-refractivity contribution >= 4 is 35.2 Å². The Morgan fingerprint density at radius 3 is 2.48 bits per heavy atom. The maximum Gasteiger partial charge on any atom is 0.337 e. The summed E-state index contributed by atoms with van der Waals surface area (Å²) in [5, 5.41) is 21.8. The van der Waals surface area contributed by atoms with Crippen LogP contribution in [0.1, 0.15) is 34.2 Å². The number of nitriles is 1. The van der Waals surface area contributed by atoms with Crippen molar-refractivity contribution in [2.45, 2.75) is 20.8 Å². The van der Waals surface area contributed by atoms with Crippen molar-refractivity contribution in [1.29, 1.82) is 5.26 Å². The molecule has 168 valence electrons. The summed E-state index contributed by atoms with van der Waals surface area (Å²) in [4.78, 5) is 24.1. The molecule has 0 fully saturated rings. The number of amides is 1. The van der Waals surface area contributed by atoms with E-state index in [-0.39, 0.29) is 16.2 Å². The molecule has 1 aromatic heterocycles. The Balaban J connectivity index is 1.91. The molecule has 2 N–H and O–H groups in total. The smallest absolute Gasteiger partial charge is 0.337 e. The first-order chi connectivity index (χ1) is 15.7. The minimum atomic E-state index is -1.12. The lowest BCUT2D eigenvalue weighted by molar-refractivity contribution is -0.112. The van der Waals surface area contributed by atoms with Crippen molar-refractivity contribution < 1.29 is 19.4 Å². The standard InChI is InChI=1S/C25H22ClN3O4/c1-4-33-21-8-5-19(6-9-21)28-24(30)18(14-27)12-17-11-15(2)29(16(17)3)20-7-10-23(26)22(13-20)25(31)32/h5-13H,4H2,1-3H3,(H,28,30)(H,31,32)/b18-12-. The highest BCUT2D eigenvalue weighted by Gasteiger charge is 2.16. The highest BCUT2D eigenvalue weighted by Crippen LogP contribution is 2.26. The van der Waals surface area contributed by atoms with Gasteiger partial charge in [-0.05, 0) is 80.9 Å². The molecule has 0 bridgehead atoms. The number of anilines is 1. The summed E-state index contributed by atoms with van der Waals surface area (Å²) in [6.45, 7) is 6.10. The van der Waals surface area contributed by atoms with E-state index in [0.717, 1.165) is 11.4 Å². The Bertz CT molecular complexity index is 1280. The highest BCUT2D eigenvalue weighted by molar-refractivity contribution is 6.33. The average molecular weight is 464 g/mol. The molecule has 2 aromatic carbocycles. The van der Waals surface area contributed by atoms with Crippen molar-refractivity contribution in [3.8, 4) is 17.5 Å². The van der Waals surface area contributed by atoms with E-state index in [9.17, 15) is 20.0 Å². The van der Waals surface area contributed by atoms with Crippen LogP contribution in [0.4, 0.5) is 5.69 Å². The fourth-order valence-corrected chi connectivity index (χ4v) is 3.65. The molecule has 0 radical (unpaired) electrons. The van der Waals surface area contributed by atoms with Crippen LogP contribution in [0.2, 0.25) is 5.02 Å². The van der Waals surface area contributed by atoms with Gasteiger partial charge in [-0.2, -0.15) is 5.26 Å². The van der Waals surface area contributed by atoms with E-state index in [0.29, 0.717) is 29.3 Å². The summed E-state index contributed by atoms with van der Waals surface area (Å²) in [7, 11) is 0. The van der Waals surface area contributed by atoms with Gasteiger partial charge in [0.2, 0.25) is 0 Å². The van der Waals surface area contributed by atoms with Crippen LogP contribution in [0, 0.1) is 25.2 Å². The molecule has 0 atom stereocenters. The molecule has 0 unspecified atom stereocenters. The predicted octanol–water partition coefficient (Wildman–Crippen LogP) is 5.39. The number of halogens is 1. The molecular weight excluding hydrogens is 442 g/mol. The molecule has 0 aliphatic carbocycles. The third kappa shape index (κ3) is 5.25. The Labute approximate surface area is 196 Å². The van der Waals surface area contributed by atoms with Crippen LogP contribution in [0.3, 0.4) is 0 Å². The SMILES string of the molecule is CCOc1ccc(NC(=O)/C(C#N)=C\c2cc(C)n(-c3ccc(Cl)c(C(=O)O)c3)c2C)cc1. The van der Waals surface area contributed by atoms with E-state index >= 15 is 0 Å². The third-order valence-electron chi connectivity index (χ3n) is 5.00. The Morgan fingerprint density at radius 2 is 1.88 bits per heavy atom. The molecule has 0 aliphatic heterocycles. The van der Waals surface area contributed by atoms with Crippen molar-refractivity contribution in [3.05, 3.63) is 81.6 Å². The van der Waals surface area contributed by atoms with Crippen molar-refractivity contribution in [1.82, 2.24) is 4.57 Å². The Kier molecular flexibility index (Phi) is 7.21. The maximum atomic E-state index is 12.7. The van der Waals surface area contributed by atoms with Gasteiger partial charge in [-0.3, -0.25) is 4.79 Å². The molecule has 0 saturated heterocycles. The number of carbonyl (C=O) groups excluding carboxylic acids is 1. The second-order valence-electron chi connectivity index (χ2n) is 7.21. The maximum absolute atomic E-state index is 12.7. The second kappa shape index (κ2) is 10.1. The van der Waals surface area contributed by atoms with Crippen molar-refractivity contribution in [3.63, 3.8) is 0 Å². The van der Waals surface area contributed by atoms with Gasteiger partial charge in [-0.25, -0.2) is 4.79 Å². The first-order valence-electron chi connectivity index (χ1n) is 10.1. The zero-order valence-corrected chi connectivity index (χ0v) is 19.1. The number of rotatable bonds is 7. The van der Waals surface area contributed by atoms with Gasteiger partial charge < -0.3 is 19.7 Å². The van der Waals surface area contributed by atoms with Crippen LogP contribution < -0.4 is 10.1 Å². The van der Waals surface area contributed by atoms with Gasteiger partial charge >= 0.3 is 5.97 Å². The number of carboxylic acid groups (broad SMARTS) is 1. The van der Waals surface area contributed by atoms with Gasteiger partial charge in [-0.15, -0.1) is 0 Å². The largest absolute Gasteiger partial charge is 0.494 e. The predicted molar refractivity (Wildman–Crippen MR) is 127 cm³/mol. The number of benzene rings is 2. The van der Waals surface area contributed by atoms with E-state index < -0.39 is 11.9 Å². The van der Waals surface area contributed by atoms with Crippen LogP contribution in [0.15, 0.2) is 54.1 Å². The molecule has 0 spiro atoms. The first-order valence-corrected chi connectivity index (χ1v) is 10.5. The quantitative estimate of drug-likeness (QED) is 0.361. The molecule has 0 saturated carbocycles. The average Bonchev–Trinajstić information content (AvgIpc) is 3.06. The number of aromatic nitrogens is 1. The molecule has 0 aliphatic rings.